The first-order valence-corrected chi connectivity index (χ1v) is 16.4. The first kappa shape index (κ1) is 33.6. The van der Waals surface area contributed by atoms with Gasteiger partial charge in [0.25, 0.3) is 10.0 Å². The SMILES string of the molecule is COc1cccc(CN(C(=O)CN(c2ccc(C)cc2)S(=O)(=O)c2ccc(Cl)cc2)[C@@H](Cc2ccccc2)C(=O)NC(C)C)c1. The highest BCUT2D eigenvalue weighted by atomic mass is 35.5. The molecule has 0 aliphatic rings. The Labute approximate surface area is 270 Å². The molecule has 4 aromatic carbocycles. The highest BCUT2D eigenvalue weighted by molar-refractivity contribution is 7.92. The lowest BCUT2D eigenvalue weighted by atomic mass is 10.0. The van der Waals surface area contributed by atoms with Gasteiger partial charge in [-0.05, 0) is 80.4 Å². The second-order valence-electron chi connectivity index (χ2n) is 11.0. The van der Waals surface area contributed by atoms with Crippen molar-refractivity contribution >= 4 is 39.1 Å². The second kappa shape index (κ2) is 15.1. The van der Waals surface area contributed by atoms with Gasteiger partial charge in [-0.3, -0.25) is 13.9 Å². The van der Waals surface area contributed by atoms with Crippen LogP contribution < -0.4 is 14.4 Å². The van der Waals surface area contributed by atoms with Crippen LogP contribution in [0.15, 0.2) is 108 Å². The molecule has 4 rings (SSSR count). The van der Waals surface area contributed by atoms with Crippen LogP contribution in [0.5, 0.6) is 5.75 Å². The van der Waals surface area contributed by atoms with E-state index in [9.17, 15) is 18.0 Å². The number of nitrogens with zero attached hydrogens (tertiary/aromatic N) is 2. The number of halogens is 1. The van der Waals surface area contributed by atoms with Crippen molar-refractivity contribution in [1.82, 2.24) is 10.2 Å². The van der Waals surface area contributed by atoms with Gasteiger partial charge in [-0.1, -0.05) is 71.8 Å². The molecule has 0 heterocycles. The summed E-state index contributed by atoms with van der Waals surface area (Å²) in [4.78, 5) is 29.7. The number of ether oxygens (including phenoxy) is 1. The van der Waals surface area contributed by atoms with E-state index in [0.717, 1.165) is 21.0 Å². The monoisotopic (exact) mass is 647 g/mol. The average molecular weight is 648 g/mol. The van der Waals surface area contributed by atoms with E-state index in [1.807, 2.05) is 57.2 Å². The van der Waals surface area contributed by atoms with Crippen molar-refractivity contribution in [1.29, 1.82) is 0 Å². The lowest BCUT2D eigenvalue weighted by molar-refractivity contribution is -0.140. The van der Waals surface area contributed by atoms with Gasteiger partial charge in [0.05, 0.1) is 17.7 Å². The summed E-state index contributed by atoms with van der Waals surface area (Å²) in [7, 11) is -2.66. The summed E-state index contributed by atoms with van der Waals surface area (Å²) in [6.07, 6.45) is 0.226. The summed E-state index contributed by atoms with van der Waals surface area (Å²) in [5.41, 5.74) is 2.83. The molecule has 0 spiro atoms. The molecule has 236 valence electrons. The first-order chi connectivity index (χ1) is 21.5. The second-order valence-corrected chi connectivity index (χ2v) is 13.3. The van der Waals surface area contributed by atoms with Crippen molar-refractivity contribution < 1.29 is 22.7 Å². The Morgan fingerprint density at radius 1 is 0.867 bits per heavy atom. The molecule has 0 saturated heterocycles. The normalized spacial score (nSPS) is 12.0. The van der Waals surface area contributed by atoms with Crippen LogP contribution in [0.4, 0.5) is 5.69 Å². The van der Waals surface area contributed by atoms with E-state index in [0.29, 0.717) is 16.5 Å². The Bertz CT molecular complexity index is 1700. The zero-order valence-electron chi connectivity index (χ0n) is 25.8. The minimum atomic E-state index is -4.21. The third-order valence-corrected chi connectivity index (χ3v) is 9.23. The fourth-order valence-corrected chi connectivity index (χ4v) is 6.42. The number of anilines is 1. The zero-order valence-corrected chi connectivity index (χ0v) is 27.4. The van der Waals surface area contributed by atoms with E-state index in [1.54, 1.807) is 49.6 Å². The molecule has 10 heteroatoms. The summed E-state index contributed by atoms with van der Waals surface area (Å²) in [6.45, 7) is 5.09. The highest BCUT2D eigenvalue weighted by Gasteiger charge is 2.35. The molecule has 0 saturated carbocycles. The third-order valence-electron chi connectivity index (χ3n) is 7.19. The molecule has 0 aliphatic carbocycles. The van der Waals surface area contributed by atoms with E-state index < -0.39 is 28.5 Å². The van der Waals surface area contributed by atoms with E-state index in [2.05, 4.69) is 5.32 Å². The smallest absolute Gasteiger partial charge is 0.264 e. The minimum Gasteiger partial charge on any atom is -0.497 e. The number of carbonyl (C=O) groups is 2. The van der Waals surface area contributed by atoms with Crippen LogP contribution in [0.2, 0.25) is 5.02 Å². The molecule has 0 unspecified atom stereocenters. The molecule has 0 fully saturated rings. The van der Waals surface area contributed by atoms with Gasteiger partial charge in [-0.25, -0.2) is 8.42 Å². The topological polar surface area (TPSA) is 96.0 Å². The van der Waals surface area contributed by atoms with Crippen LogP contribution in [0.25, 0.3) is 0 Å². The molecule has 1 atom stereocenters. The molecule has 0 bridgehead atoms. The van der Waals surface area contributed by atoms with E-state index in [1.165, 1.54) is 29.2 Å². The van der Waals surface area contributed by atoms with Crippen LogP contribution >= 0.6 is 11.6 Å². The molecular formula is C35H38ClN3O5S. The lowest BCUT2D eigenvalue weighted by Crippen LogP contribution is -2.54. The maximum atomic E-state index is 14.5. The number of hydrogen-bond donors (Lipinski definition) is 1. The average Bonchev–Trinajstić information content (AvgIpc) is 3.02. The van der Waals surface area contributed by atoms with Gasteiger partial charge < -0.3 is 15.0 Å². The van der Waals surface area contributed by atoms with Crippen molar-refractivity contribution in [3.05, 3.63) is 125 Å². The van der Waals surface area contributed by atoms with Gasteiger partial charge in [0.15, 0.2) is 0 Å². The first-order valence-electron chi connectivity index (χ1n) is 14.6. The summed E-state index contributed by atoms with van der Waals surface area (Å²) in [5.74, 6) is -0.291. The Kier molecular flexibility index (Phi) is 11.3. The number of methoxy groups -OCH3 is 1. The van der Waals surface area contributed by atoms with Crippen molar-refractivity contribution in [3.63, 3.8) is 0 Å². The number of hydrogen-bond acceptors (Lipinski definition) is 5. The standard InChI is InChI=1S/C35H38ClN3O5S/c1-25(2)37-35(41)33(22-27-9-6-5-7-10-27)38(23-28-11-8-12-31(21-28)44-4)34(40)24-39(30-17-13-26(3)14-18-30)45(42,43)32-19-15-29(36)16-20-32/h5-21,25,33H,22-24H2,1-4H3,(H,37,41)/t33-/m0/s1. The van der Waals surface area contributed by atoms with Gasteiger partial charge in [0.2, 0.25) is 11.8 Å². The van der Waals surface area contributed by atoms with Crippen molar-refractivity contribution in [2.45, 2.75) is 50.7 Å². The Morgan fingerprint density at radius 3 is 2.13 bits per heavy atom. The van der Waals surface area contributed by atoms with Crippen molar-refractivity contribution in [2.75, 3.05) is 18.0 Å². The van der Waals surface area contributed by atoms with Gasteiger partial charge in [0, 0.05) is 24.0 Å². The molecule has 0 aliphatic heterocycles. The van der Waals surface area contributed by atoms with Gasteiger partial charge in [-0.2, -0.15) is 0 Å². The molecule has 45 heavy (non-hydrogen) atoms. The van der Waals surface area contributed by atoms with E-state index >= 15 is 0 Å². The Balaban J connectivity index is 1.81. The number of aryl methyl sites for hydroxylation is 1. The fraction of sp³-hybridized carbons (Fsp3) is 0.257. The molecule has 0 aromatic heterocycles. The van der Waals surface area contributed by atoms with Crippen molar-refractivity contribution in [2.24, 2.45) is 0 Å². The molecule has 0 radical (unpaired) electrons. The summed E-state index contributed by atoms with van der Waals surface area (Å²) < 4.78 is 34.7. The number of rotatable bonds is 13. The molecule has 8 nitrogen and oxygen atoms in total. The van der Waals surface area contributed by atoms with Crippen LogP contribution in [-0.4, -0.2) is 50.9 Å². The minimum absolute atomic E-state index is 0.0157. The maximum absolute atomic E-state index is 14.5. The third kappa shape index (κ3) is 8.86. The quantitative estimate of drug-likeness (QED) is 0.192. The number of carbonyl (C=O) groups excluding carboxylic acids is 2. The summed E-state index contributed by atoms with van der Waals surface area (Å²) >= 11 is 6.05. The van der Waals surface area contributed by atoms with Crippen LogP contribution in [0.1, 0.15) is 30.5 Å². The van der Waals surface area contributed by atoms with Crippen LogP contribution in [-0.2, 0) is 32.6 Å². The molecule has 1 N–H and O–H groups in total. The predicted octanol–water partition coefficient (Wildman–Crippen LogP) is 6.02. The Hall–Kier alpha value is -4.34. The van der Waals surface area contributed by atoms with Crippen LogP contribution in [0.3, 0.4) is 0 Å². The Morgan fingerprint density at radius 2 is 1.51 bits per heavy atom. The summed E-state index contributed by atoms with van der Waals surface area (Å²) in [5, 5.41) is 3.34. The predicted molar refractivity (Wildman–Crippen MR) is 178 cm³/mol. The molecular weight excluding hydrogens is 610 g/mol. The lowest BCUT2D eigenvalue weighted by Gasteiger charge is -2.34. The summed E-state index contributed by atoms with van der Waals surface area (Å²) in [6, 6.07) is 28.2. The van der Waals surface area contributed by atoms with Gasteiger partial charge >= 0.3 is 0 Å². The maximum Gasteiger partial charge on any atom is 0.264 e. The fourth-order valence-electron chi connectivity index (χ4n) is 4.88. The van der Waals surface area contributed by atoms with Crippen LogP contribution in [0, 0.1) is 6.92 Å². The number of benzene rings is 4. The van der Waals surface area contributed by atoms with E-state index in [-0.39, 0.29) is 29.8 Å². The number of sulfonamides is 1. The molecule has 2 amide bonds. The number of nitrogens with one attached hydrogen (secondary N) is 1. The number of amides is 2. The van der Waals surface area contributed by atoms with Gasteiger partial charge in [0.1, 0.15) is 18.3 Å². The van der Waals surface area contributed by atoms with Crippen molar-refractivity contribution in [3.8, 4) is 5.75 Å². The largest absolute Gasteiger partial charge is 0.497 e. The zero-order chi connectivity index (χ0) is 32.6. The highest BCUT2D eigenvalue weighted by Crippen LogP contribution is 2.27. The van der Waals surface area contributed by atoms with E-state index in [4.69, 9.17) is 16.3 Å². The van der Waals surface area contributed by atoms with Gasteiger partial charge in [-0.15, -0.1) is 0 Å². The molecule has 4 aromatic rings.